The van der Waals surface area contributed by atoms with Gasteiger partial charge in [0.1, 0.15) is 0 Å². The molecule has 0 bridgehead atoms. The van der Waals surface area contributed by atoms with Crippen molar-refractivity contribution in [3.63, 3.8) is 0 Å². The van der Waals surface area contributed by atoms with Crippen molar-refractivity contribution in [3.8, 4) is 0 Å². The highest BCUT2D eigenvalue weighted by Gasteiger charge is 2.37. The van der Waals surface area contributed by atoms with E-state index in [9.17, 15) is 9.90 Å². The minimum atomic E-state index is -0.692. The molecule has 0 aromatic heterocycles. The molecule has 0 amide bonds. The van der Waals surface area contributed by atoms with Crippen molar-refractivity contribution in [2.75, 3.05) is 33.4 Å². The Morgan fingerprint density at radius 3 is 1.91 bits per heavy atom. The van der Waals surface area contributed by atoms with Crippen LogP contribution in [0.4, 0.5) is 0 Å². The van der Waals surface area contributed by atoms with E-state index in [1.54, 1.807) is 6.08 Å². The van der Waals surface area contributed by atoms with Crippen LogP contribution in [0.3, 0.4) is 0 Å². The molecule has 0 aromatic carbocycles. The maximum atomic E-state index is 11.4. The smallest absolute Gasteiger partial charge is 0.314 e. The van der Waals surface area contributed by atoms with Crippen LogP contribution >= 0.6 is 0 Å². The lowest BCUT2D eigenvalue weighted by Crippen LogP contribution is -2.38. The van der Waals surface area contributed by atoms with Gasteiger partial charge < -0.3 is 20.3 Å². The Balaban J connectivity index is 0. The van der Waals surface area contributed by atoms with Crippen LogP contribution < -0.4 is 5.32 Å². The van der Waals surface area contributed by atoms with Crippen molar-refractivity contribution in [2.24, 2.45) is 28.1 Å². The Kier molecular flexibility index (Phi) is 19.0. The minimum absolute atomic E-state index is 0.131. The number of nitrogens with one attached hydrogen (secondary N) is 1. The number of aliphatic hydroxyl groups is 2. The first-order valence-corrected chi connectivity index (χ1v) is 13.4. The topological polar surface area (TPSA) is 78.8 Å². The van der Waals surface area contributed by atoms with E-state index in [0.29, 0.717) is 35.5 Å². The molecule has 1 aliphatic heterocycles. The number of hydrogen-bond donors (Lipinski definition) is 3. The van der Waals surface area contributed by atoms with Gasteiger partial charge in [0, 0.05) is 0 Å². The van der Waals surface area contributed by atoms with Crippen LogP contribution in [0.2, 0.25) is 0 Å². The summed E-state index contributed by atoms with van der Waals surface area (Å²) >= 11 is 0. The van der Waals surface area contributed by atoms with Crippen molar-refractivity contribution in [3.05, 3.63) is 12.2 Å². The summed E-state index contributed by atoms with van der Waals surface area (Å²) in [5.41, 5.74) is 0.444. The van der Waals surface area contributed by atoms with Crippen LogP contribution in [-0.4, -0.2) is 49.6 Å². The Labute approximate surface area is 212 Å². The number of hydrogen-bond acceptors (Lipinski definition) is 5. The van der Waals surface area contributed by atoms with Crippen molar-refractivity contribution >= 4 is 5.97 Å². The van der Waals surface area contributed by atoms with E-state index in [4.69, 9.17) is 9.84 Å². The van der Waals surface area contributed by atoms with Crippen LogP contribution in [-0.2, 0) is 9.53 Å². The third kappa shape index (κ3) is 15.9. The molecule has 34 heavy (non-hydrogen) atoms. The third-order valence-electron chi connectivity index (χ3n) is 6.60. The zero-order valence-corrected chi connectivity index (χ0v) is 24.3. The highest BCUT2D eigenvalue weighted by molar-refractivity contribution is 5.76. The van der Waals surface area contributed by atoms with Gasteiger partial charge in [-0.1, -0.05) is 80.9 Å². The lowest BCUT2D eigenvalue weighted by Gasteiger charge is -2.41. The van der Waals surface area contributed by atoms with Crippen LogP contribution in [0.5, 0.6) is 0 Å². The second-order valence-electron chi connectivity index (χ2n) is 12.0. The largest absolute Gasteiger partial charge is 0.469 e. The van der Waals surface area contributed by atoms with Gasteiger partial charge in [-0.05, 0) is 74.3 Å². The van der Waals surface area contributed by atoms with Crippen molar-refractivity contribution in [2.45, 2.75) is 107 Å². The lowest BCUT2D eigenvalue weighted by atomic mass is 9.67. The molecule has 0 aromatic rings. The highest BCUT2D eigenvalue weighted by Crippen LogP contribution is 2.42. The molecule has 5 nitrogen and oxygen atoms in total. The molecule has 5 heteroatoms. The number of esters is 1. The summed E-state index contributed by atoms with van der Waals surface area (Å²) in [5, 5.41) is 21.0. The molecule has 0 radical (unpaired) electrons. The van der Waals surface area contributed by atoms with E-state index < -0.39 is 5.41 Å². The second-order valence-corrected chi connectivity index (χ2v) is 12.0. The number of piperidine rings is 1. The number of methoxy groups -OCH3 is 1. The van der Waals surface area contributed by atoms with Gasteiger partial charge in [-0.25, -0.2) is 0 Å². The standard InChI is InChI=1S/C12H25N.C10H20O3.C7H14O/c1-5-12(10-11(2,3)4)6-8-13-9-7-12;1-5-10(7-11,6-8(2)3)9(12)13-4;1-7(2)5-3-4-6-8/h13H,5-10H2,1-4H3;8,11H,5-7H2,1-4H3;3-4,7-8H,5-6H2,1-2H3/b;;4-3-. The van der Waals surface area contributed by atoms with E-state index in [1.807, 2.05) is 26.8 Å². The molecule has 1 fully saturated rings. The first-order chi connectivity index (χ1) is 15.8. The minimum Gasteiger partial charge on any atom is -0.469 e. The maximum absolute atomic E-state index is 11.4. The summed E-state index contributed by atoms with van der Waals surface area (Å²) in [6, 6.07) is 0. The molecule has 0 aliphatic carbocycles. The number of carbonyl (C=O) groups excluding carboxylic acids is 1. The molecule has 1 unspecified atom stereocenters. The summed E-state index contributed by atoms with van der Waals surface area (Å²) in [6.45, 7) is 22.2. The van der Waals surface area contributed by atoms with Gasteiger partial charge in [-0.3, -0.25) is 4.79 Å². The van der Waals surface area contributed by atoms with Crippen LogP contribution in [0.1, 0.15) is 107 Å². The molecule has 1 aliphatic rings. The zero-order valence-electron chi connectivity index (χ0n) is 24.3. The molecule has 1 rings (SSSR count). The number of aliphatic hydroxyl groups excluding tert-OH is 2. The Bertz CT molecular complexity index is 525. The Hall–Kier alpha value is -0.910. The predicted molar refractivity (Wildman–Crippen MR) is 146 cm³/mol. The molecule has 1 saturated heterocycles. The van der Waals surface area contributed by atoms with Crippen molar-refractivity contribution in [1.29, 1.82) is 0 Å². The predicted octanol–water partition coefficient (Wildman–Crippen LogP) is 6.38. The SMILES string of the molecule is CC(C)C/C=C\CO.CCC(CO)(CC(C)C)C(=O)OC.CCC1(CC(C)(C)C)CCNCC1. The van der Waals surface area contributed by atoms with Gasteiger partial charge in [0.2, 0.25) is 0 Å². The Morgan fingerprint density at radius 1 is 1.03 bits per heavy atom. The molecule has 204 valence electrons. The highest BCUT2D eigenvalue weighted by atomic mass is 16.5. The van der Waals surface area contributed by atoms with Crippen LogP contribution in [0.25, 0.3) is 0 Å². The fourth-order valence-corrected chi connectivity index (χ4v) is 4.79. The summed E-state index contributed by atoms with van der Waals surface area (Å²) in [4.78, 5) is 11.4. The summed E-state index contributed by atoms with van der Waals surface area (Å²) in [7, 11) is 1.36. The van der Waals surface area contributed by atoms with E-state index in [2.05, 4.69) is 46.9 Å². The second kappa shape index (κ2) is 18.4. The summed E-state index contributed by atoms with van der Waals surface area (Å²) in [6.07, 6.45) is 11.6. The molecule has 1 atom stereocenters. The van der Waals surface area contributed by atoms with Gasteiger partial charge in [0.15, 0.2) is 0 Å². The number of rotatable bonds is 10. The van der Waals surface area contributed by atoms with Gasteiger partial charge in [0.25, 0.3) is 0 Å². The molecule has 1 heterocycles. The first-order valence-electron chi connectivity index (χ1n) is 13.4. The van der Waals surface area contributed by atoms with Gasteiger partial charge in [-0.15, -0.1) is 0 Å². The van der Waals surface area contributed by atoms with E-state index >= 15 is 0 Å². The summed E-state index contributed by atoms with van der Waals surface area (Å²) in [5.74, 6) is 0.787. The fraction of sp³-hybridized carbons (Fsp3) is 0.897. The quantitative estimate of drug-likeness (QED) is 0.247. The van der Waals surface area contributed by atoms with Crippen molar-refractivity contribution in [1.82, 2.24) is 5.32 Å². The van der Waals surface area contributed by atoms with E-state index in [-0.39, 0.29) is 19.2 Å². The molecular formula is C29H59NO4. The molecule has 0 saturated carbocycles. The zero-order chi connectivity index (χ0) is 26.8. The fourth-order valence-electron chi connectivity index (χ4n) is 4.79. The van der Waals surface area contributed by atoms with E-state index in [1.165, 1.54) is 45.9 Å². The van der Waals surface area contributed by atoms with Gasteiger partial charge >= 0.3 is 5.97 Å². The average Bonchev–Trinajstić information content (AvgIpc) is 2.77. The third-order valence-corrected chi connectivity index (χ3v) is 6.60. The maximum Gasteiger partial charge on any atom is 0.314 e. The van der Waals surface area contributed by atoms with E-state index in [0.717, 1.165) is 6.42 Å². The van der Waals surface area contributed by atoms with Crippen molar-refractivity contribution < 1.29 is 19.7 Å². The lowest BCUT2D eigenvalue weighted by molar-refractivity contribution is -0.157. The summed E-state index contributed by atoms with van der Waals surface area (Å²) < 4.78 is 4.70. The Morgan fingerprint density at radius 2 is 1.59 bits per heavy atom. The molecule has 0 spiro atoms. The first kappa shape index (κ1) is 35.3. The monoisotopic (exact) mass is 485 g/mol. The number of allylic oxidation sites excluding steroid dienone is 1. The van der Waals surface area contributed by atoms with Crippen LogP contribution in [0.15, 0.2) is 12.2 Å². The van der Waals surface area contributed by atoms with Crippen LogP contribution in [0, 0.1) is 28.1 Å². The van der Waals surface area contributed by atoms with Gasteiger partial charge in [0.05, 0.1) is 25.7 Å². The average molecular weight is 486 g/mol. The van der Waals surface area contributed by atoms with Gasteiger partial charge in [-0.2, -0.15) is 0 Å². The number of ether oxygens (including phenoxy) is 1. The normalized spacial score (nSPS) is 17.5. The molecular weight excluding hydrogens is 426 g/mol. The molecule has 3 N–H and O–H groups in total. The number of carbonyl (C=O) groups is 1.